The number of allylic oxidation sites excluding steroid dienone is 5. The van der Waals surface area contributed by atoms with Crippen molar-refractivity contribution in [2.24, 2.45) is 0 Å². The summed E-state index contributed by atoms with van der Waals surface area (Å²) in [7, 11) is 2.02. The van der Waals surface area contributed by atoms with E-state index >= 15 is 0 Å². The van der Waals surface area contributed by atoms with Crippen LogP contribution >= 0.6 is 17.7 Å². The van der Waals surface area contributed by atoms with Gasteiger partial charge in [-0.25, -0.2) is 0 Å². The molecule has 0 saturated heterocycles. The fraction of sp³-hybridized carbons (Fsp3) is 0.0303. The number of rotatable bonds is 3. The SMILES string of the molecule is C=C/C=C\C=C(/C)p1sc2ccc3ccccc3c2c2c3ccccc3ccc2c2ccccc21. The van der Waals surface area contributed by atoms with E-state index in [1.54, 1.807) is 0 Å². The van der Waals surface area contributed by atoms with Crippen LogP contribution in [-0.2, 0) is 0 Å². The minimum atomic E-state index is -0.626. The summed E-state index contributed by atoms with van der Waals surface area (Å²) in [6, 6.07) is 35.8. The molecule has 0 aliphatic rings. The molecule has 0 saturated carbocycles. The highest BCUT2D eigenvalue weighted by molar-refractivity contribution is 8.01. The van der Waals surface area contributed by atoms with E-state index in [9.17, 15) is 0 Å². The molecule has 6 aromatic rings. The third-order valence-corrected chi connectivity index (χ3v) is 11.5. The van der Waals surface area contributed by atoms with E-state index in [2.05, 4.69) is 123 Å². The van der Waals surface area contributed by atoms with Crippen LogP contribution in [0.25, 0.3) is 58.2 Å². The van der Waals surface area contributed by atoms with E-state index in [-0.39, 0.29) is 0 Å². The molecule has 0 aliphatic carbocycles. The predicted molar refractivity (Wildman–Crippen MR) is 161 cm³/mol. The maximum atomic E-state index is 3.83. The van der Waals surface area contributed by atoms with Crippen molar-refractivity contribution in [3.8, 4) is 0 Å². The van der Waals surface area contributed by atoms with Gasteiger partial charge in [-0.05, 0) is 68.8 Å². The van der Waals surface area contributed by atoms with E-state index in [1.165, 1.54) is 58.2 Å². The predicted octanol–water partition coefficient (Wildman–Crippen LogP) is 11.2. The van der Waals surface area contributed by atoms with Gasteiger partial charge in [-0.2, -0.15) is 0 Å². The van der Waals surface area contributed by atoms with Crippen LogP contribution in [0.5, 0.6) is 0 Å². The minimum Gasteiger partial charge on any atom is -0.117 e. The topological polar surface area (TPSA) is 0 Å². The Morgan fingerprint density at radius 2 is 1.29 bits per heavy atom. The van der Waals surface area contributed by atoms with Gasteiger partial charge >= 0.3 is 0 Å². The zero-order chi connectivity index (χ0) is 23.8. The molecule has 0 nitrogen and oxygen atoms in total. The molecule has 1 heterocycles. The lowest BCUT2D eigenvalue weighted by Gasteiger charge is -2.14. The van der Waals surface area contributed by atoms with Crippen LogP contribution < -0.4 is 0 Å². The largest absolute Gasteiger partial charge is 0.117 e. The van der Waals surface area contributed by atoms with Crippen LogP contribution in [0.3, 0.4) is 0 Å². The van der Waals surface area contributed by atoms with Crippen molar-refractivity contribution in [1.82, 2.24) is 0 Å². The molecule has 0 amide bonds. The fourth-order valence-corrected chi connectivity index (χ4v) is 9.52. The summed E-state index contributed by atoms with van der Waals surface area (Å²) in [4.78, 5) is 0. The van der Waals surface area contributed by atoms with Crippen molar-refractivity contribution in [1.29, 1.82) is 0 Å². The van der Waals surface area contributed by atoms with Gasteiger partial charge in [0.05, 0.1) is 0 Å². The second-order valence-electron chi connectivity index (χ2n) is 8.70. The Balaban J connectivity index is 1.97. The van der Waals surface area contributed by atoms with Crippen LogP contribution in [-0.4, -0.2) is 0 Å². The second kappa shape index (κ2) is 9.19. The number of hydrogen-bond acceptors (Lipinski definition) is 1. The average Bonchev–Trinajstić information content (AvgIpc) is 2.90. The standard InChI is InChI=1S/C33H25PS/c1-3-4-5-12-23(2)34-30-18-11-10-17-28(30)29-21-19-24-13-6-8-15-26(24)32(29)33-27-16-9-7-14-25(27)20-22-31(33)35-34/h3-22H,1H2,2H3/b5-4-,23-12+. The van der Waals surface area contributed by atoms with E-state index in [0.29, 0.717) is 0 Å². The summed E-state index contributed by atoms with van der Waals surface area (Å²) in [5, 5.41) is 13.4. The molecule has 0 fully saturated rings. The van der Waals surface area contributed by atoms with Gasteiger partial charge < -0.3 is 0 Å². The van der Waals surface area contributed by atoms with Crippen molar-refractivity contribution in [3.63, 3.8) is 0 Å². The molecule has 0 aliphatic heterocycles. The molecule has 1 unspecified atom stereocenters. The molecule has 1 aromatic heterocycles. The molecule has 168 valence electrons. The second-order valence-corrected chi connectivity index (χ2v) is 12.7. The summed E-state index contributed by atoms with van der Waals surface area (Å²) in [5.74, 6) is 0. The Morgan fingerprint density at radius 3 is 2.03 bits per heavy atom. The van der Waals surface area contributed by atoms with Gasteiger partial charge in [0.25, 0.3) is 0 Å². The molecule has 2 heteroatoms. The van der Waals surface area contributed by atoms with Gasteiger partial charge in [-0.1, -0.05) is 116 Å². The molecular formula is C33H25PS. The van der Waals surface area contributed by atoms with Crippen molar-refractivity contribution >= 4 is 75.9 Å². The maximum absolute atomic E-state index is 3.83. The Labute approximate surface area is 210 Å². The van der Waals surface area contributed by atoms with Crippen LogP contribution in [0.1, 0.15) is 6.92 Å². The first-order chi connectivity index (χ1) is 17.3. The molecule has 0 bridgehead atoms. The maximum Gasteiger partial charge on any atom is 0.0398 e. The fourth-order valence-electron chi connectivity index (χ4n) is 4.98. The van der Waals surface area contributed by atoms with Gasteiger partial charge in [-0.3, -0.25) is 0 Å². The summed E-state index contributed by atoms with van der Waals surface area (Å²) < 4.78 is 1.35. The Hall–Kier alpha value is -3.64. The Bertz CT molecular complexity index is 1880. The number of hydrogen-bond donors (Lipinski definition) is 0. The third kappa shape index (κ3) is 3.78. The van der Waals surface area contributed by atoms with Crippen LogP contribution in [0, 0.1) is 0 Å². The summed E-state index contributed by atoms with van der Waals surface area (Å²) in [6.45, 7) is 5.47. The van der Waals surface area contributed by atoms with Crippen molar-refractivity contribution in [2.75, 3.05) is 0 Å². The number of benzene rings is 5. The summed E-state index contributed by atoms with van der Waals surface area (Å²) in [5.41, 5.74) is 0. The minimum absolute atomic E-state index is 0.626. The van der Waals surface area contributed by atoms with Crippen LogP contribution in [0.15, 0.2) is 128 Å². The Kier molecular flexibility index (Phi) is 5.74. The lowest BCUT2D eigenvalue weighted by Crippen LogP contribution is -1.83. The van der Waals surface area contributed by atoms with Gasteiger partial charge in [0.1, 0.15) is 0 Å². The molecule has 5 aromatic carbocycles. The zero-order valence-corrected chi connectivity index (χ0v) is 21.3. The highest BCUT2D eigenvalue weighted by Crippen LogP contribution is 2.53. The molecular weight excluding hydrogens is 459 g/mol. The molecule has 0 N–H and O–H groups in total. The quantitative estimate of drug-likeness (QED) is 0.219. The van der Waals surface area contributed by atoms with E-state index in [4.69, 9.17) is 0 Å². The van der Waals surface area contributed by atoms with Crippen molar-refractivity contribution < 1.29 is 0 Å². The first-order valence-corrected chi connectivity index (χ1v) is 14.6. The van der Waals surface area contributed by atoms with Gasteiger partial charge in [0.2, 0.25) is 0 Å². The van der Waals surface area contributed by atoms with Crippen molar-refractivity contribution in [2.45, 2.75) is 6.92 Å². The van der Waals surface area contributed by atoms with E-state index in [0.717, 1.165) is 0 Å². The first-order valence-electron chi connectivity index (χ1n) is 11.8. The monoisotopic (exact) mass is 484 g/mol. The lowest BCUT2D eigenvalue weighted by atomic mass is 9.96. The van der Waals surface area contributed by atoms with Crippen LogP contribution in [0.4, 0.5) is 0 Å². The van der Waals surface area contributed by atoms with Crippen LogP contribution in [0.2, 0.25) is 0 Å². The normalized spacial score (nSPS) is 12.8. The molecule has 0 spiro atoms. The lowest BCUT2D eigenvalue weighted by molar-refractivity contribution is 1.80. The van der Waals surface area contributed by atoms with E-state index < -0.39 is 6.71 Å². The zero-order valence-electron chi connectivity index (χ0n) is 19.6. The van der Waals surface area contributed by atoms with Gasteiger partial charge in [-0.15, -0.1) is 10.9 Å². The van der Waals surface area contributed by atoms with Gasteiger partial charge in [0, 0.05) is 15.2 Å². The third-order valence-electron chi connectivity index (χ3n) is 6.58. The summed E-state index contributed by atoms with van der Waals surface area (Å²) >= 11 is 0. The molecule has 6 rings (SSSR count). The Morgan fingerprint density at radius 1 is 0.657 bits per heavy atom. The number of fused-ring (bicyclic) bond motifs is 9. The highest BCUT2D eigenvalue weighted by atomic mass is 32.5. The summed E-state index contributed by atoms with van der Waals surface area (Å²) in [6.07, 6.45) is 8.19. The molecule has 1 atom stereocenters. The first kappa shape index (κ1) is 21.9. The van der Waals surface area contributed by atoms with E-state index in [1.807, 2.05) is 23.1 Å². The molecule has 35 heavy (non-hydrogen) atoms. The van der Waals surface area contributed by atoms with Crippen molar-refractivity contribution in [3.05, 3.63) is 128 Å². The average molecular weight is 485 g/mol. The molecule has 0 radical (unpaired) electrons. The highest BCUT2D eigenvalue weighted by Gasteiger charge is 2.12. The smallest absolute Gasteiger partial charge is 0.0398 e. The van der Waals surface area contributed by atoms with Gasteiger partial charge in [0.15, 0.2) is 0 Å².